The number of ether oxygens (including phenoxy) is 2. The number of carbonyl (C=O) groups excluding carboxylic acids is 1. The van der Waals surface area contributed by atoms with Crippen LogP contribution in [0, 0.1) is 0 Å². The second-order valence-electron chi connectivity index (χ2n) is 6.25. The minimum atomic E-state index is -0.210. The van der Waals surface area contributed by atoms with Gasteiger partial charge >= 0.3 is 0 Å². The fourth-order valence-electron chi connectivity index (χ4n) is 2.91. The second-order valence-corrected chi connectivity index (χ2v) is 7.19. The molecule has 1 aromatic carbocycles. The number of amides is 1. The van der Waals surface area contributed by atoms with Gasteiger partial charge in [-0.3, -0.25) is 4.79 Å². The van der Waals surface area contributed by atoms with Crippen molar-refractivity contribution in [3.05, 3.63) is 59.3 Å². The number of nitrogens with zero attached hydrogens (tertiary/aromatic N) is 1. The monoisotopic (exact) mass is 384 g/mol. The van der Waals surface area contributed by atoms with Crippen molar-refractivity contribution < 1.29 is 18.7 Å². The highest BCUT2D eigenvalue weighted by molar-refractivity contribution is 7.13. The number of aromatic nitrogens is 1. The third-order valence-corrected chi connectivity index (χ3v) is 5.15. The number of hydrogen-bond acceptors (Lipinski definition) is 6. The number of para-hydroxylation sites is 1. The van der Waals surface area contributed by atoms with Crippen LogP contribution in [0.4, 0.5) is 0 Å². The molecule has 0 aliphatic carbocycles. The van der Waals surface area contributed by atoms with E-state index >= 15 is 0 Å². The molecule has 1 saturated heterocycles. The number of rotatable bonds is 7. The molecule has 2 aromatic heterocycles. The zero-order valence-corrected chi connectivity index (χ0v) is 15.5. The van der Waals surface area contributed by atoms with Gasteiger partial charge in [0.2, 0.25) is 5.89 Å². The molecule has 7 heteroatoms. The van der Waals surface area contributed by atoms with Crippen molar-refractivity contribution in [1.82, 2.24) is 10.3 Å². The minimum Gasteiger partial charge on any atom is -0.490 e. The molecule has 1 N–H and O–H groups in total. The van der Waals surface area contributed by atoms with E-state index in [9.17, 15) is 4.79 Å². The first-order chi connectivity index (χ1) is 13.3. The van der Waals surface area contributed by atoms with Gasteiger partial charge in [0.25, 0.3) is 5.91 Å². The summed E-state index contributed by atoms with van der Waals surface area (Å²) in [7, 11) is 0. The van der Waals surface area contributed by atoms with Crippen molar-refractivity contribution in [1.29, 1.82) is 0 Å². The zero-order valence-electron chi connectivity index (χ0n) is 14.7. The summed E-state index contributed by atoms with van der Waals surface area (Å²) in [6, 6.07) is 11.1. The molecule has 140 valence electrons. The maximum Gasteiger partial charge on any atom is 0.255 e. The fraction of sp³-hybridized carbons (Fsp3) is 0.300. The van der Waals surface area contributed by atoms with Crippen LogP contribution in [0.1, 0.15) is 28.9 Å². The maximum absolute atomic E-state index is 12.6. The van der Waals surface area contributed by atoms with Gasteiger partial charge in [0.15, 0.2) is 0 Å². The van der Waals surface area contributed by atoms with Gasteiger partial charge in [0.05, 0.1) is 28.8 Å². The van der Waals surface area contributed by atoms with Crippen molar-refractivity contribution in [2.24, 2.45) is 0 Å². The fourth-order valence-corrected chi connectivity index (χ4v) is 3.56. The molecule has 1 unspecified atom stereocenters. The number of benzene rings is 1. The van der Waals surface area contributed by atoms with E-state index in [2.05, 4.69) is 10.3 Å². The first kappa shape index (κ1) is 17.8. The maximum atomic E-state index is 12.6. The average Bonchev–Trinajstić information content (AvgIpc) is 3.47. The van der Waals surface area contributed by atoms with Gasteiger partial charge in [-0.25, -0.2) is 4.98 Å². The number of oxazole rings is 1. The molecule has 0 spiro atoms. The Morgan fingerprint density at radius 2 is 2.22 bits per heavy atom. The summed E-state index contributed by atoms with van der Waals surface area (Å²) >= 11 is 1.56. The summed E-state index contributed by atoms with van der Waals surface area (Å²) in [4.78, 5) is 18.0. The van der Waals surface area contributed by atoms with E-state index < -0.39 is 0 Å². The van der Waals surface area contributed by atoms with Crippen LogP contribution in [0.3, 0.4) is 0 Å². The molecular weight excluding hydrogens is 364 g/mol. The van der Waals surface area contributed by atoms with Crippen LogP contribution in [0.25, 0.3) is 10.8 Å². The third kappa shape index (κ3) is 4.37. The van der Waals surface area contributed by atoms with Crippen LogP contribution in [-0.2, 0) is 11.3 Å². The number of thiophene rings is 1. The summed E-state index contributed by atoms with van der Waals surface area (Å²) in [5.74, 6) is 0.915. The quantitative estimate of drug-likeness (QED) is 0.669. The van der Waals surface area contributed by atoms with Crippen LogP contribution in [0.15, 0.2) is 52.5 Å². The molecule has 0 radical (unpaired) electrons. The summed E-state index contributed by atoms with van der Waals surface area (Å²) in [5.41, 5.74) is 1.17. The predicted octanol–water partition coefficient (Wildman–Crippen LogP) is 3.89. The molecule has 4 rings (SSSR count). The highest BCUT2D eigenvalue weighted by atomic mass is 32.1. The highest BCUT2D eigenvalue weighted by Gasteiger charge is 2.18. The van der Waals surface area contributed by atoms with Crippen molar-refractivity contribution in [3.63, 3.8) is 0 Å². The lowest BCUT2D eigenvalue weighted by Crippen LogP contribution is -2.24. The van der Waals surface area contributed by atoms with E-state index in [0.29, 0.717) is 29.5 Å². The molecule has 0 saturated carbocycles. The van der Waals surface area contributed by atoms with Crippen molar-refractivity contribution in [2.45, 2.75) is 25.5 Å². The summed E-state index contributed by atoms with van der Waals surface area (Å²) in [6.07, 6.45) is 3.72. The van der Waals surface area contributed by atoms with Crippen LogP contribution in [0.5, 0.6) is 5.75 Å². The normalized spacial score (nSPS) is 16.4. The third-order valence-electron chi connectivity index (χ3n) is 4.29. The van der Waals surface area contributed by atoms with E-state index in [4.69, 9.17) is 13.9 Å². The molecule has 27 heavy (non-hydrogen) atoms. The Morgan fingerprint density at radius 1 is 1.30 bits per heavy atom. The Bertz CT molecular complexity index is 885. The Balaban J connectivity index is 1.36. The minimum absolute atomic E-state index is 0.104. The van der Waals surface area contributed by atoms with Gasteiger partial charge in [-0.05, 0) is 36.4 Å². The van der Waals surface area contributed by atoms with E-state index in [1.165, 1.54) is 0 Å². The van der Waals surface area contributed by atoms with Gasteiger partial charge in [0.1, 0.15) is 18.6 Å². The Hall–Kier alpha value is -2.64. The number of nitrogens with one attached hydrogen (secondary N) is 1. The van der Waals surface area contributed by atoms with E-state index in [-0.39, 0.29) is 18.6 Å². The topological polar surface area (TPSA) is 73.6 Å². The molecule has 3 heterocycles. The predicted molar refractivity (Wildman–Crippen MR) is 102 cm³/mol. The van der Waals surface area contributed by atoms with Crippen LogP contribution in [0.2, 0.25) is 0 Å². The van der Waals surface area contributed by atoms with Crippen LogP contribution < -0.4 is 10.1 Å². The van der Waals surface area contributed by atoms with Gasteiger partial charge < -0.3 is 19.2 Å². The van der Waals surface area contributed by atoms with Crippen molar-refractivity contribution in [2.75, 3.05) is 13.2 Å². The highest BCUT2D eigenvalue weighted by Crippen LogP contribution is 2.24. The second kappa shape index (κ2) is 8.37. The van der Waals surface area contributed by atoms with E-state index in [1.807, 2.05) is 29.6 Å². The molecule has 1 aliphatic heterocycles. The molecule has 6 nitrogen and oxygen atoms in total. The Labute approximate surface area is 161 Å². The Morgan fingerprint density at radius 3 is 3.04 bits per heavy atom. The van der Waals surface area contributed by atoms with Gasteiger partial charge in [-0.15, -0.1) is 11.3 Å². The zero-order chi connectivity index (χ0) is 18.5. The summed E-state index contributed by atoms with van der Waals surface area (Å²) in [5, 5.41) is 4.84. The molecule has 1 aliphatic rings. The lowest BCUT2D eigenvalue weighted by molar-refractivity contribution is 0.0670. The largest absolute Gasteiger partial charge is 0.490 e. The van der Waals surface area contributed by atoms with Crippen molar-refractivity contribution >= 4 is 17.2 Å². The molecule has 1 atom stereocenters. The molecule has 0 bridgehead atoms. The molecular formula is C20H20N2O4S. The molecule has 1 amide bonds. The van der Waals surface area contributed by atoms with Crippen molar-refractivity contribution in [3.8, 4) is 16.5 Å². The molecule has 1 fully saturated rings. The van der Waals surface area contributed by atoms with Gasteiger partial charge in [-0.2, -0.15) is 0 Å². The lowest BCUT2D eigenvalue weighted by atomic mass is 10.2. The van der Waals surface area contributed by atoms with Gasteiger partial charge in [0, 0.05) is 6.61 Å². The van der Waals surface area contributed by atoms with Crippen LogP contribution in [-0.4, -0.2) is 30.2 Å². The standard InChI is InChI=1S/C20H20N2O4S/c23-19(21-11-14-12-26-20(22-14)18-8-4-10-27-18)16-6-1-2-7-17(16)25-13-15-5-3-9-24-15/h1-2,4,6-8,10,12,15H,3,5,9,11,13H2,(H,21,23). The SMILES string of the molecule is O=C(NCc1coc(-c2cccs2)n1)c1ccccc1OCC1CCCO1. The first-order valence-corrected chi connectivity index (χ1v) is 9.77. The Kier molecular flexibility index (Phi) is 5.50. The number of hydrogen-bond donors (Lipinski definition) is 1. The summed E-state index contributed by atoms with van der Waals surface area (Å²) in [6.45, 7) is 1.52. The number of carbonyl (C=O) groups is 1. The summed E-state index contributed by atoms with van der Waals surface area (Å²) < 4.78 is 16.9. The van der Waals surface area contributed by atoms with E-state index in [0.717, 1.165) is 24.3 Å². The average molecular weight is 384 g/mol. The smallest absolute Gasteiger partial charge is 0.255 e. The van der Waals surface area contributed by atoms with E-state index in [1.54, 1.807) is 29.7 Å². The molecule has 3 aromatic rings. The lowest BCUT2D eigenvalue weighted by Gasteiger charge is -2.14. The van der Waals surface area contributed by atoms with Gasteiger partial charge in [-0.1, -0.05) is 18.2 Å². The first-order valence-electron chi connectivity index (χ1n) is 8.89. The van der Waals surface area contributed by atoms with Crippen LogP contribution >= 0.6 is 11.3 Å².